The first-order valence-corrected chi connectivity index (χ1v) is 11.6. The fourth-order valence-corrected chi connectivity index (χ4v) is 4.29. The second-order valence-electron chi connectivity index (χ2n) is 7.75. The Kier molecular flexibility index (Phi) is 11.9. The van der Waals surface area contributed by atoms with E-state index in [1.54, 1.807) is 25.5 Å². The lowest BCUT2D eigenvalue weighted by Crippen LogP contribution is -2.38. The first-order valence-electron chi connectivity index (χ1n) is 10.7. The Morgan fingerprint density at radius 2 is 2.09 bits per heavy atom. The van der Waals surface area contributed by atoms with Crippen LogP contribution in [-0.2, 0) is 33.9 Å². The number of aliphatic imine (C=N–C) groups is 1. The van der Waals surface area contributed by atoms with Crippen LogP contribution in [-0.4, -0.2) is 56.4 Å². The van der Waals surface area contributed by atoms with Crippen LogP contribution in [0.1, 0.15) is 47.7 Å². The molecule has 0 spiro atoms. The summed E-state index contributed by atoms with van der Waals surface area (Å²) in [5.74, 6) is 0.832. The lowest BCUT2D eigenvalue weighted by Gasteiger charge is -2.23. The van der Waals surface area contributed by atoms with Gasteiger partial charge in [-0.25, -0.2) is 4.98 Å². The molecule has 0 aliphatic carbocycles. The Balaban J connectivity index is 0.00000363. The van der Waals surface area contributed by atoms with Gasteiger partial charge in [-0.3, -0.25) is 4.99 Å². The molecule has 1 fully saturated rings. The number of nitrogens with zero attached hydrogens (tertiary/aromatic N) is 3. The summed E-state index contributed by atoms with van der Waals surface area (Å²) in [4.78, 5) is 11.2. The van der Waals surface area contributed by atoms with Crippen LogP contribution in [0.5, 0.6) is 0 Å². The van der Waals surface area contributed by atoms with Crippen molar-refractivity contribution in [3.05, 3.63) is 51.5 Å². The molecule has 1 aromatic carbocycles. The molecule has 1 N–H and O–H groups in total. The molecule has 1 aliphatic rings. The van der Waals surface area contributed by atoms with Gasteiger partial charge in [-0.1, -0.05) is 24.3 Å². The van der Waals surface area contributed by atoms with Crippen molar-refractivity contribution < 1.29 is 14.2 Å². The van der Waals surface area contributed by atoms with Crippen LogP contribution >= 0.6 is 35.3 Å². The molecule has 0 saturated carbocycles. The van der Waals surface area contributed by atoms with E-state index < -0.39 is 0 Å². The summed E-state index contributed by atoms with van der Waals surface area (Å²) >= 11 is 1.63. The Labute approximate surface area is 212 Å². The number of hydrogen-bond donors (Lipinski definition) is 1. The van der Waals surface area contributed by atoms with E-state index in [2.05, 4.69) is 49.8 Å². The second kappa shape index (κ2) is 14.1. The number of rotatable bonds is 9. The maximum absolute atomic E-state index is 6.05. The van der Waals surface area contributed by atoms with Crippen molar-refractivity contribution in [1.82, 2.24) is 15.2 Å². The van der Waals surface area contributed by atoms with Crippen molar-refractivity contribution in [2.75, 3.05) is 34.4 Å². The van der Waals surface area contributed by atoms with Crippen LogP contribution in [0.3, 0.4) is 0 Å². The zero-order valence-electron chi connectivity index (χ0n) is 19.4. The fraction of sp³-hybridized carbons (Fsp3) is 0.565. The summed E-state index contributed by atoms with van der Waals surface area (Å²) < 4.78 is 16.8. The third kappa shape index (κ3) is 8.26. The number of halogens is 1. The highest BCUT2D eigenvalue weighted by Gasteiger charge is 2.15. The van der Waals surface area contributed by atoms with Gasteiger partial charge >= 0.3 is 0 Å². The molecule has 2 aromatic rings. The molecule has 32 heavy (non-hydrogen) atoms. The van der Waals surface area contributed by atoms with E-state index in [9.17, 15) is 0 Å². The van der Waals surface area contributed by atoms with Crippen molar-refractivity contribution in [2.45, 2.75) is 51.7 Å². The van der Waals surface area contributed by atoms with Gasteiger partial charge in [-0.05, 0) is 30.9 Å². The van der Waals surface area contributed by atoms with Gasteiger partial charge in [0.15, 0.2) is 5.96 Å². The molecule has 0 amide bonds. The van der Waals surface area contributed by atoms with Gasteiger partial charge in [-0.15, -0.1) is 35.3 Å². The summed E-state index contributed by atoms with van der Waals surface area (Å²) in [6, 6.07) is 8.51. The molecule has 3 rings (SSSR count). The maximum atomic E-state index is 6.05. The number of nitrogens with one attached hydrogen (secondary N) is 1. The smallest absolute Gasteiger partial charge is 0.194 e. The highest BCUT2D eigenvalue weighted by Crippen LogP contribution is 2.21. The molecule has 1 aromatic heterocycles. The largest absolute Gasteiger partial charge is 0.381 e. The van der Waals surface area contributed by atoms with E-state index in [1.165, 1.54) is 11.1 Å². The van der Waals surface area contributed by atoms with Crippen molar-refractivity contribution in [2.24, 2.45) is 4.99 Å². The van der Waals surface area contributed by atoms with Crippen molar-refractivity contribution in [3.8, 4) is 0 Å². The second-order valence-corrected chi connectivity index (χ2v) is 8.64. The Morgan fingerprint density at radius 1 is 1.34 bits per heavy atom. The first-order chi connectivity index (χ1) is 15.1. The van der Waals surface area contributed by atoms with Gasteiger partial charge in [0, 0.05) is 46.3 Å². The minimum atomic E-state index is 0. The molecule has 178 valence electrons. The highest BCUT2D eigenvalue weighted by atomic mass is 127. The number of hydrogen-bond acceptors (Lipinski definition) is 6. The fourth-order valence-electron chi connectivity index (χ4n) is 3.45. The number of aromatic nitrogens is 1. The summed E-state index contributed by atoms with van der Waals surface area (Å²) in [6.07, 6.45) is 2.29. The molecule has 0 radical (unpaired) electrons. The predicted octanol–water partition coefficient (Wildman–Crippen LogP) is 4.37. The molecule has 1 unspecified atom stereocenters. The number of methoxy groups -OCH3 is 1. The molecule has 1 aliphatic heterocycles. The van der Waals surface area contributed by atoms with Crippen LogP contribution in [0.15, 0.2) is 34.6 Å². The first kappa shape index (κ1) is 27.0. The van der Waals surface area contributed by atoms with Crippen LogP contribution in [0, 0.1) is 0 Å². The predicted molar refractivity (Wildman–Crippen MR) is 140 cm³/mol. The quantitative estimate of drug-likeness (QED) is 0.273. The molecule has 1 atom stereocenters. The summed E-state index contributed by atoms with van der Waals surface area (Å²) in [7, 11) is 5.53. The van der Waals surface area contributed by atoms with Gasteiger partial charge < -0.3 is 24.4 Å². The van der Waals surface area contributed by atoms with Crippen molar-refractivity contribution >= 4 is 41.3 Å². The Morgan fingerprint density at radius 3 is 2.81 bits per heavy atom. The molecular weight excluding hydrogens is 539 g/mol. The standard InChI is InChI=1S/C23H34N4O3S.HI/c1-17(28-4)22-26-20(16-31-22)14-27(3)23(24-2)25-13-18-6-5-7-19(12-18)15-30-21-8-10-29-11-9-21;/h5-7,12,16-17,21H,8-11,13-15H2,1-4H3,(H,24,25);1H. The number of thiazole rings is 1. The van der Waals surface area contributed by atoms with Crippen LogP contribution in [0.4, 0.5) is 0 Å². The minimum absolute atomic E-state index is 0. The van der Waals surface area contributed by atoms with Gasteiger partial charge in [0.2, 0.25) is 0 Å². The topological polar surface area (TPSA) is 68.2 Å². The Hall–Kier alpha value is -1.27. The molecule has 7 nitrogen and oxygen atoms in total. The van der Waals surface area contributed by atoms with Crippen LogP contribution in [0.25, 0.3) is 0 Å². The highest BCUT2D eigenvalue weighted by molar-refractivity contribution is 14.0. The minimum Gasteiger partial charge on any atom is -0.381 e. The Bertz CT molecular complexity index is 842. The summed E-state index contributed by atoms with van der Waals surface area (Å²) in [6.45, 7) is 5.63. The van der Waals surface area contributed by atoms with Gasteiger partial charge in [0.25, 0.3) is 0 Å². The molecule has 1 saturated heterocycles. The van der Waals surface area contributed by atoms with Gasteiger partial charge in [0.05, 0.1) is 24.9 Å². The third-order valence-electron chi connectivity index (χ3n) is 5.34. The third-order valence-corrected chi connectivity index (χ3v) is 6.39. The van der Waals surface area contributed by atoms with E-state index >= 15 is 0 Å². The van der Waals surface area contributed by atoms with E-state index in [0.717, 1.165) is 42.7 Å². The average molecular weight is 575 g/mol. The van der Waals surface area contributed by atoms with E-state index in [4.69, 9.17) is 14.2 Å². The van der Waals surface area contributed by atoms with Crippen molar-refractivity contribution in [3.63, 3.8) is 0 Å². The van der Waals surface area contributed by atoms with Crippen LogP contribution in [0.2, 0.25) is 0 Å². The van der Waals surface area contributed by atoms with Gasteiger partial charge in [-0.2, -0.15) is 0 Å². The summed E-state index contributed by atoms with van der Waals surface area (Å²) in [5.41, 5.74) is 3.41. The van der Waals surface area contributed by atoms with Crippen molar-refractivity contribution in [1.29, 1.82) is 0 Å². The normalized spacial score (nSPS) is 15.8. The zero-order chi connectivity index (χ0) is 22.1. The lowest BCUT2D eigenvalue weighted by molar-refractivity contribution is -0.0390. The number of benzene rings is 1. The maximum Gasteiger partial charge on any atom is 0.194 e. The van der Waals surface area contributed by atoms with E-state index in [-0.39, 0.29) is 30.1 Å². The van der Waals surface area contributed by atoms with Crippen LogP contribution < -0.4 is 5.32 Å². The number of guanidine groups is 1. The zero-order valence-corrected chi connectivity index (χ0v) is 22.5. The summed E-state index contributed by atoms with van der Waals surface area (Å²) in [5, 5.41) is 6.52. The molecule has 0 bridgehead atoms. The average Bonchev–Trinajstić information content (AvgIpc) is 3.27. The number of ether oxygens (including phenoxy) is 3. The van der Waals surface area contributed by atoms with E-state index in [1.807, 2.05) is 14.0 Å². The molecule has 2 heterocycles. The lowest BCUT2D eigenvalue weighted by atomic mass is 10.1. The molecule has 9 heteroatoms. The molecular formula is C23H35IN4O3S. The van der Waals surface area contributed by atoms with Gasteiger partial charge in [0.1, 0.15) is 11.1 Å². The van der Waals surface area contributed by atoms with E-state index in [0.29, 0.717) is 25.8 Å². The SMILES string of the molecule is CN=C(NCc1cccc(COC2CCOCC2)c1)N(C)Cc1csc(C(C)OC)n1.I. The monoisotopic (exact) mass is 574 g/mol.